The number of carbonyl (C=O) groups is 3. The van der Waals surface area contributed by atoms with Crippen molar-refractivity contribution in [2.24, 2.45) is 0 Å². The molecule has 1 saturated heterocycles. The van der Waals surface area contributed by atoms with Crippen molar-refractivity contribution < 1.29 is 14.4 Å². The third-order valence-corrected chi connectivity index (χ3v) is 7.73. The van der Waals surface area contributed by atoms with Crippen LogP contribution in [0.3, 0.4) is 0 Å². The third kappa shape index (κ3) is 4.62. The quantitative estimate of drug-likeness (QED) is 0.572. The number of amides is 3. The first-order valence-electron chi connectivity index (χ1n) is 11.5. The van der Waals surface area contributed by atoms with Crippen molar-refractivity contribution in [2.75, 3.05) is 23.8 Å². The molecule has 0 aromatic heterocycles. The van der Waals surface area contributed by atoms with Gasteiger partial charge in [0, 0.05) is 24.0 Å². The molecule has 0 radical (unpaired) electrons. The van der Waals surface area contributed by atoms with E-state index < -0.39 is 17.1 Å². The monoisotopic (exact) mass is 477 g/mol. The fourth-order valence-electron chi connectivity index (χ4n) is 4.65. The summed E-state index contributed by atoms with van der Waals surface area (Å²) in [5.41, 5.74) is 6.20. The average Bonchev–Trinajstić information content (AvgIpc) is 3.02. The van der Waals surface area contributed by atoms with E-state index in [1.165, 1.54) is 11.3 Å². The van der Waals surface area contributed by atoms with Gasteiger partial charge in [0.2, 0.25) is 5.91 Å². The van der Waals surface area contributed by atoms with Crippen molar-refractivity contribution in [3.63, 3.8) is 0 Å². The van der Waals surface area contributed by atoms with E-state index in [0.717, 1.165) is 39.8 Å². The Labute approximate surface area is 205 Å². The zero-order valence-corrected chi connectivity index (χ0v) is 21.4. The van der Waals surface area contributed by atoms with Gasteiger partial charge in [0.15, 0.2) is 0 Å². The van der Waals surface area contributed by atoms with Gasteiger partial charge in [0.1, 0.15) is 6.54 Å². The normalized spacial score (nSPS) is 20.6. The molecule has 2 heterocycles. The first-order valence-corrected chi connectivity index (χ1v) is 12.3. The minimum atomic E-state index is -0.433. The van der Waals surface area contributed by atoms with Crippen molar-refractivity contribution in [2.45, 2.75) is 52.5 Å². The number of nitrogens with one attached hydrogen (secondary N) is 1. The lowest BCUT2D eigenvalue weighted by Gasteiger charge is -2.45. The molecular weight excluding hydrogens is 446 g/mol. The van der Waals surface area contributed by atoms with E-state index in [-0.39, 0.29) is 12.1 Å². The maximum absolute atomic E-state index is 13.0. The molecule has 7 heteroatoms. The zero-order valence-electron chi connectivity index (χ0n) is 20.6. The Morgan fingerprint density at radius 1 is 1.18 bits per heavy atom. The molecule has 1 unspecified atom stereocenters. The number of hydrogen-bond donors (Lipinski definition) is 1. The molecule has 6 nitrogen and oxygen atoms in total. The largest absolute Gasteiger partial charge is 0.369 e. The van der Waals surface area contributed by atoms with E-state index in [1.807, 2.05) is 26.0 Å². The van der Waals surface area contributed by atoms with Crippen LogP contribution < -0.4 is 10.2 Å². The number of aryl methyl sites for hydroxylation is 2. The van der Waals surface area contributed by atoms with Crippen LogP contribution in [-0.4, -0.2) is 41.1 Å². The van der Waals surface area contributed by atoms with Gasteiger partial charge in [-0.1, -0.05) is 24.6 Å². The maximum Gasteiger partial charge on any atom is 0.294 e. The minimum absolute atomic E-state index is 0.0716. The van der Waals surface area contributed by atoms with Crippen molar-refractivity contribution in [1.82, 2.24) is 4.90 Å². The van der Waals surface area contributed by atoms with E-state index in [9.17, 15) is 14.4 Å². The Hall–Kier alpha value is -3.06. The molecule has 4 rings (SSSR count). The van der Waals surface area contributed by atoms with Crippen LogP contribution in [0.5, 0.6) is 0 Å². The molecule has 178 valence electrons. The maximum atomic E-state index is 13.0. The van der Waals surface area contributed by atoms with Crippen LogP contribution in [0.4, 0.5) is 16.2 Å². The third-order valence-electron chi connectivity index (χ3n) is 6.82. The number of fused-ring (bicyclic) bond motifs is 1. The molecule has 0 bridgehead atoms. The van der Waals surface area contributed by atoms with Crippen LogP contribution in [0.1, 0.15) is 55.4 Å². The van der Waals surface area contributed by atoms with E-state index in [2.05, 4.69) is 50.2 Å². The molecule has 2 aliphatic rings. The molecule has 0 spiro atoms. The second kappa shape index (κ2) is 8.95. The summed E-state index contributed by atoms with van der Waals surface area (Å²) in [6.45, 7) is 10.4. The molecule has 2 aromatic carbocycles. The Balaban J connectivity index is 1.54. The SMILES string of the molecule is Cc1ccc(NC(=O)CN2C(=O)S/C(=C/c3cc4c(cc3C)N(C)C(C)(C)CC4C)C2=O)cc1. The van der Waals surface area contributed by atoms with Gasteiger partial charge in [-0.3, -0.25) is 19.3 Å². The summed E-state index contributed by atoms with van der Waals surface area (Å²) in [7, 11) is 2.12. The molecule has 3 amide bonds. The number of anilines is 2. The van der Waals surface area contributed by atoms with Crippen LogP contribution in [-0.2, 0) is 9.59 Å². The van der Waals surface area contributed by atoms with Gasteiger partial charge in [0.05, 0.1) is 4.91 Å². The van der Waals surface area contributed by atoms with Gasteiger partial charge in [-0.15, -0.1) is 0 Å². The van der Waals surface area contributed by atoms with Crippen LogP contribution in [0.25, 0.3) is 6.08 Å². The Bertz CT molecular complexity index is 1200. The number of hydrogen-bond acceptors (Lipinski definition) is 5. The lowest BCUT2D eigenvalue weighted by Crippen LogP contribution is -2.45. The van der Waals surface area contributed by atoms with Crippen LogP contribution in [0.2, 0.25) is 0 Å². The summed E-state index contributed by atoms with van der Waals surface area (Å²) in [5, 5.41) is 2.31. The standard InChI is InChI=1S/C27H31N3O3S/c1-16-7-9-20(10-8-16)28-24(31)15-30-25(32)23(34-26(30)33)13-19-12-21-18(3)14-27(4,5)29(6)22(21)11-17(19)2/h7-13,18H,14-15H2,1-6H3,(H,28,31)/b23-13+. The van der Waals surface area contributed by atoms with Crippen LogP contribution in [0.15, 0.2) is 41.3 Å². The first kappa shape index (κ1) is 24.1. The van der Waals surface area contributed by atoms with Gasteiger partial charge in [-0.2, -0.15) is 0 Å². The summed E-state index contributed by atoms with van der Waals surface area (Å²) >= 11 is 0.882. The summed E-state index contributed by atoms with van der Waals surface area (Å²) in [5.74, 6) is -0.455. The van der Waals surface area contributed by atoms with E-state index in [0.29, 0.717) is 16.5 Å². The van der Waals surface area contributed by atoms with Gasteiger partial charge >= 0.3 is 0 Å². The van der Waals surface area contributed by atoms with Crippen LogP contribution >= 0.6 is 11.8 Å². The van der Waals surface area contributed by atoms with Crippen LogP contribution in [0, 0.1) is 13.8 Å². The average molecular weight is 478 g/mol. The lowest BCUT2D eigenvalue weighted by molar-refractivity contribution is -0.127. The van der Waals surface area contributed by atoms with Crippen molar-refractivity contribution >= 4 is 46.3 Å². The summed E-state index contributed by atoms with van der Waals surface area (Å²) in [6.07, 6.45) is 2.82. The van der Waals surface area contributed by atoms with Gasteiger partial charge < -0.3 is 10.2 Å². The number of rotatable bonds is 4. The second-order valence-corrected chi connectivity index (χ2v) is 10.9. The topological polar surface area (TPSA) is 69.7 Å². The molecule has 2 aromatic rings. The van der Waals surface area contributed by atoms with E-state index in [1.54, 1.807) is 18.2 Å². The van der Waals surface area contributed by atoms with Gasteiger partial charge in [0.25, 0.3) is 11.1 Å². The van der Waals surface area contributed by atoms with Crippen molar-refractivity contribution in [3.05, 3.63) is 63.6 Å². The predicted octanol–water partition coefficient (Wildman–Crippen LogP) is 5.70. The van der Waals surface area contributed by atoms with Gasteiger partial charge in [-0.25, -0.2) is 0 Å². The summed E-state index contributed by atoms with van der Waals surface area (Å²) in [6, 6.07) is 11.7. The van der Waals surface area contributed by atoms with Crippen molar-refractivity contribution in [1.29, 1.82) is 0 Å². The molecule has 2 aliphatic heterocycles. The molecule has 1 fully saturated rings. The molecule has 1 N–H and O–H groups in total. The number of benzene rings is 2. The van der Waals surface area contributed by atoms with Gasteiger partial charge in [-0.05, 0) is 98.8 Å². The minimum Gasteiger partial charge on any atom is -0.369 e. The highest BCUT2D eigenvalue weighted by molar-refractivity contribution is 8.18. The highest BCUT2D eigenvalue weighted by Gasteiger charge is 2.37. The van der Waals surface area contributed by atoms with E-state index in [4.69, 9.17) is 0 Å². The lowest BCUT2D eigenvalue weighted by atomic mass is 9.79. The zero-order chi connectivity index (χ0) is 24.8. The Morgan fingerprint density at radius 2 is 1.85 bits per heavy atom. The Morgan fingerprint density at radius 3 is 2.53 bits per heavy atom. The fraction of sp³-hybridized carbons (Fsp3) is 0.370. The molecule has 0 aliphatic carbocycles. The highest BCUT2D eigenvalue weighted by atomic mass is 32.2. The molecular formula is C27H31N3O3S. The number of imide groups is 1. The fourth-order valence-corrected chi connectivity index (χ4v) is 5.48. The predicted molar refractivity (Wildman–Crippen MR) is 139 cm³/mol. The highest BCUT2D eigenvalue weighted by Crippen LogP contribution is 2.44. The van der Waals surface area contributed by atoms with Crippen molar-refractivity contribution in [3.8, 4) is 0 Å². The number of carbonyl (C=O) groups excluding carboxylic acids is 3. The molecule has 34 heavy (non-hydrogen) atoms. The van der Waals surface area contributed by atoms with E-state index >= 15 is 0 Å². The Kier molecular flexibility index (Phi) is 6.34. The summed E-state index contributed by atoms with van der Waals surface area (Å²) < 4.78 is 0. The first-order chi connectivity index (χ1) is 16.0. The second-order valence-electron chi connectivity index (χ2n) is 9.93. The number of thioether (sulfide) groups is 1. The number of nitrogens with zero attached hydrogens (tertiary/aromatic N) is 2. The molecule has 0 saturated carbocycles. The summed E-state index contributed by atoms with van der Waals surface area (Å²) in [4.78, 5) is 41.6. The molecule has 1 atom stereocenters. The smallest absolute Gasteiger partial charge is 0.294 e.